The van der Waals surface area contributed by atoms with Gasteiger partial charge in [-0.15, -0.1) is 0 Å². The van der Waals surface area contributed by atoms with Crippen LogP contribution in [-0.4, -0.2) is 11.9 Å². The molecule has 0 N–H and O–H groups in total. The van der Waals surface area contributed by atoms with Gasteiger partial charge in [0, 0.05) is 27.7 Å². The number of halogens is 1. The van der Waals surface area contributed by atoms with Crippen LogP contribution in [0.2, 0.25) is 0 Å². The molecule has 1 aromatic heterocycles. The summed E-state index contributed by atoms with van der Waals surface area (Å²) in [7, 11) is 0. The van der Waals surface area contributed by atoms with Gasteiger partial charge < -0.3 is 9.94 Å². The van der Waals surface area contributed by atoms with Crippen molar-refractivity contribution in [2.75, 3.05) is 0 Å². The Hall–Kier alpha value is -1.72. The molecular formula is C17H14BrNO3. The van der Waals surface area contributed by atoms with E-state index in [2.05, 4.69) is 15.9 Å². The van der Waals surface area contributed by atoms with Crippen LogP contribution in [0, 0.1) is 10.6 Å². The average molecular weight is 360 g/mol. The van der Waals surface area contributed by atoms with Crippen molar-refractivity contribution >= 4 is 21.7 Å². The Balaban J connectivity index is 2.04. The zero-order chi connectivity index (χ0) is 15.7. The van der Waals surface area contributed by atoms with Gasteiger partial charge in [0.05, 0.1) is 5.41 Å². The molecule has 2 unspecified atom stereocenters. The summed E-state index contributed by atoms with van der Waals surface area (Å²) in [5, 5.41) is 12.3. The number of ether oxygens (including phenoxy) is 1. The number of epoxide rings is 1. The van der Waals surface area contributed by atoms with Crippen LogP contribution in [0.4, 0.5) is 0 Å². The minimum Gasteiger partial charge on any atom is -0.618 e. The van der Waals surface area contributed by atoms with Crippen LogP contribution < -0.4 is 4.73 Å². The van der Waals surface area contributed by atoms with Gasteiger partial charge in [-0.25, -0.2) is 0 Å². The second-order valence-electron chi connectivity index (χ2n) is 6.39. The van der Waals surface area contributed by atoms with Crippen molar-refractivity contribution in [3.8, 4) is 0 Å². The summed E-state index contributed by atoms with van der Waals surface area (Å²) in [4.78, 5) is 12.8. The lowest BCUT2D eigenvalue weighted by Crippen LogP contribution is -2.45. The number of carbonyl (C=O) groups excluding carboxylic acids is 1. The molecule has 1 aliphatic heterocycles. The Morgan fingerprint density at radius 1 is 1.27 bits per heavy atom. The van der Waals surface area contributed by atoms with Crippen LogP contribution in [0.15, 0.2) is 47.1 Å². The fourth-order valence-electron chi connectivity index (χ4n) is 3.55. The van der Waals surface area contributed by atoms with E-state index >= 15 is 0 Å². The first-order chi connectivity index (χ1) is 10.4. The van der Waals surface area contributed by atoms with E-state index in [0.29, 0.717) is 11.3 Å². The number of carbonyl (C=O) groups is 1. The Morgan fingerprint density at radius 2 is 2.05 bits per heavy atom. The zero-order valence-electron chi connectivity index (χ0n) is 12.2. The molecule has 0 saturated carbocycles. The highest BCUT2D eigenvalue weighted by molar-refractivity contribution is 9.10. The highest BCUT2D eigenvalue weighted by atomic mass is 79.9. The second-order valence-corrected chi connectivity index (χ2v) is 7.30. The normalized spacial score (nSPS) is 28.0. The number of benzene rings is 1. The molecule has 4 rings (SSSR count). The summed E-state index contributed by atoms with van der Waals surface area (Å²) in [6.45, 7) is 3.76. The fraction of sp³-hybridized carbons (Fsp3) is 0.294. The molecule has 0 amide bonds. The third-order valence-electron chi connectivity index (χ3n) is 4.69. The largest absolute Gasteiger partial charge is 0.618 e. The zero-order valence-corrected chi connectivity index (χ0v) is 13.8. The summed E-state index contributed by atoms with van der Waals surface area (Å²) in [6, 6.07) is 10.8. The van der Waals surface area contributed by atoms with Crippen molar-refractivity contribution in [3.63, 3.8) is 0 Å². The van der Waals surface area contributed by atoms with Gasteiger partial charge in [-0.05, 0) is 38.1 Å². The highest BCUT2D eigenvalue weighted by Gasteiger charge is 2.74. The number of hydrogen-bond donors (Lipinski definition) is 0. The molecule has 1 saturated heterocycles. The van der Waals surface area contributed by atoms with E-state index in [4.69, 9.17) is 4.74 Å². The summed E-state index contributed by atoms with van der Waals surface area (Å²) < 4.78 is 7.73. The standard InChI is InChI=1S/C17H14BrNO3/c1-16(2)14(20)11-7-6-10(18)9-12(11)17(15(16)22-17)13-5-3-4-8-19(13)21/h3-9,15H,1-2H3. The molecule has 2 heterocycles. The molecule has 1 aliphatic carbocycles. The molecule has 0 bridgehead atoms. The number of ketones is 1. The molecule has 1 fully saturated rings. The Bertz CT molecular complexity index is 817. The van der Waals surface area contributed by atoms with Crippen LogP contribution in [0.3, 0.4) is 0 Å². The third-order valence-corrected chi connectivity index (χ3v) is 5.18. The van der Waals surface area contributed by atoms with Crippen molar-refractivity contribution in [1.29, 1.82) is 0 Å². The van der Waals surface area contributed by atoms with Gasteiger partial charge in [0.25, 0.3) is 0 Å². The lowest BCUT2D eigenvalue weighted by Gasteiger charge is -2.30. The SMILES string of the molecule is CC1(C)C(=O)c2ccc(Br)cc2C2(c3cccc[n+]3[O-])OC12. The van der Waals surface area contributed by atoms with Crippen LogP contribution in [0.5, 0.6) is 0 Å². The molecule has 2 aromatic rings. The monoisotopic (exact) mass is 359 g/mol. The quantitative estimate of drug-likeness (QED) is 0.446. The van der Waals surface area contributed by atoms with Crippen molar-refractivity contribution in [2.45, 2.75) is 25.6 Å². The van der Waals surface area contributed by atoms with Gasteiger partial charge in [-0.3, -0.25) is 4.79 Å². The molecule has 112 valence electrons. The molecule has 2 aliphatic rings. The molecule has 2 atom stereocenters. The highest BCUT2D eigenvalue weighted by Crippen LogP contribution is 2.62. The molecule has 0 spiro atoms. The number of rotatable bonds is 1. The maximum atomic E-state index is 12.8. The van der Waals surface area contributed by atoms with E-state index in [9.17, 15) is 10.0 Å². The van der Waals surface area contributed by atoms with E-state index in [1.54, 1.807) is 18.2 Å². The van der Waals surface area contributed by atoms with Crippen LogP contribution in [0.25, 0.3) is 0 Å². The topological polar surface area (TPSA) is 56.5 Å². The first kappa shape index (κ1) is 13.9. The van der Waals surface area contributed by atoms with E-state index in [-0.39, 0.29) is 11.9 Å². The Kier molecular flexibility index (Phi) is 2.64. The van der Waals surface area contributed by atoms with Crippen molar-refractivity contribution in [1.82, 2.24) is 0 Å². The smallest absolute Gasteiger partial charge is 0.232 e. The van der Waals surface area contributed by atoms with E-state index < -0.39 is 11.0 Å². The number of hydrogen-bond acceptors (Lipinski definition) is 3. The van der Waals surface area contributed by atoms with E-state index in [0.717, 1.165) is 14.8 Å². The lowest BCUT2D eigenvalue weighted by molar-refractivity contribution is -0.617. The molecule has 0 radical (unpaired) electrons. The number of fused-ring (bicyclic) bond motifs is 3. The number of nitrogens with zero attached hydrogens (tertiary/aromatic N) is 1. The van der Waals surface area contributed by atoms with Crippen LogP contribution in [0.1, 0.15) is 35.5 Å². The minimum absolute atomic E-state index is 0.0569. The minimum atomic E-state index is -0.834. The molecular weight excluding hydrogens is 346 g/mol. The maximum Gasteiger partial charge on any atom is 0.232 e. The maximum absolute atomic E-state index is 12.8. The fourth-order valence-corrected chi connectivity index (χ4v) is 3.91. The van der Waals surface area contributed by atoms with Gasteiger partial charge in [0.1, 0.15) is 6.10 Å². The third kappa shape index (κ3) is 1.55. The van der Waals surface area contributed by atoms with Gasteiger partial charge in [0.2, 0.25) is 11.3 Å². The van der Waals surface area contributed by atoms with Gasteiger partial charge >= 0.3 is 0 Å². The predicted octanol–water partition coefficient (Wildman–Crippen LogP) is 2.95. The summed E-state index contributed by atoms with van der Waals surface area (Å²) >= 11 is 3.45. The number of aromatic nitrogens is 1. The Morgan fingerprint density at radius 3 is 2.77 bits per heavy atom. The van der Waals surface area contributed by atoms with Crippen LogP contribution >= 0.6 is 15.9 Å². The van der Waals surface area contributed by atoms with Gasteiger partial charge in [-0.2, -0.15) is 4.73 Å². The summed E-state index contributed by atoms with van der Waals surface area (Å²) in [5.41, 5.74) is 0.432. The summed E-state index contributed by atoms with van der Waals surface area (Å²) in [5.74, 6) is 0.0569. The van der Waals surface area contributed by atoms with Crippen molar-refractivity contribution in [2.24, 2.45) is 5.41 Å². The molecule has 1 aromatic carbocycles. The number of Topliss-reactive ketones (excluding diaryl/α,β-unsaturated/α-hetero) is 1. The second kappa shape index (κ2) is 4.18. The van der Waals surface area contributed by atoms with Crippen LogP contribution in [-0.2, 0) is 10.3 Å². The molecule has 4 nitrogen and oxygen atoms in total. The van der Waals surface area contributed by atoms with Crippen molar-refractivity contribution < 1.29 is 14.3 Å². The predicted molar refractivity (Wildman–Crippen MR) is 83.3 cm³/mol. The summed E-state index contributed by atoms with van der Waals surface area (Å²) in [6.07, 6.45) is 1.14. The molecule has 22 heavy (non-hydrogen) atoms. The van der Waals surface area contributed by atoms with Gasteiger partial charge in [-0.1, -0.05) is 15.9 Å². The first-order valence-corrected chi connectivity index (χ1v) is 7.89. The molecule has 5 heteroatoms. The first-order valence-electron chi connectivity index (χ1n) is 7.10. The van der Waals surface area contributed by atoms with Gasteiger partial charge in [0.15, 0.2) is 12.0 Å². The lowest BCUT2D eigenvalue weighted by atomic mass is 9.67. The Labute approximate surface area is 136 Å². The number of pyridine rings is 1. The van der Waals surface area contributed by atoms with E-state index in [1.807, 2.05) is 32.0 Å². The average Bonchev–Trinajstić information content (AvgIpc) is 3.24. The van der Waals surface area contributed by atoms with Crippen molar-refractivity contribution in [3.05, 3.63) is 69.1 Å². The van der Waals surface area contributed by atoms with E-state index in [1.165, 1.54) is 6.20 Å².